The second-order valence-corrected chi connectivity index (χ2v) is 8.89. The van der Waals surface area contributed by atoms with Crippen LogP contribution in [0, 0.1) is 5.92 Å². The lowest BCUT2D eigenvalue weighted by Gasteiger charge is -2.32. The molecule has 32 heavy (non-hydrogen) atoms. The van der Waals surface area contributed by atoms with Gasteiger partial charge in [-0.3, -0.25) is 9.59 Å². The molecule has 0 atom stereocenters. The molecule has 3 aromatic rings. The van der Waals surface area contributed by atoms with Crippen LogP contribution in [0.15, 0.2) is 83.3 Å². The van der Waals surface area contributed by atoms with Gasteiger partial charge in [-0.2, -0.15) is 0 Å². The van der Waals surface area contributed by atoms with E-state index in [-0.39, 0.29) is 17.7 Å². The van der Waals surface area contributed by atoms with Crippen LogP contribution in [-0.2, 0) is 4.79 Å². The number of hydrogen-bond donors (Lipinski definition) is 1. The molecule has 1 heterocycles. The number of rotatable bonds is 5. The fourth-order valence-corrected chi connectivity index (χ4v) is 4.28. The molecule has 0 bridgehead atoms. The topological polar surface area (TPSA) is 52.7 Å². The van der Waals surface area contributed by atoms with Gasteiger partial charge in [0.25, 0.3) is 5.91 Å². The molecule has 0 aromatic heterocycles. The Balaban J connectivity index is 1.39. The molecule has 1 fully saturated rings. The molecule has 164 valence electrons. The van der Waals surface area contributed by atoms with Crippen LogP contribution in [0.1, 0.15) is 23.2 Å². The van der Waals surface area contributed by atoms with E-state index < -0.39 is 0 Å². The van der Waals surface area contributed by atoms with Gasteiger partial charge in [-0.15, -0.1) is 0 Å². The number of carbonyl (C=O) groups is 2. The van der Waals surface area contributed by atoms with Crippen LogP contribution in [-0.4, -0.2) is 36.9 Å². The second kappa shape index (κ2) is 10.0. The smallest absolute Gasteiger partial charge is 0.253 e. The summed E-state index contributed by atoms with van der Waals surface area (Å²) in [5.74, 6) is -0.0834. The van der Waals surface area contributed by atoms with Crippen LogP contribution in [0.25, 0.3) is 0 Å². The average Bonchev–Trinajstić information content (AvgIpc) is 2.84. The van der Waals surface area contributed by atoms with Crippen LogP contribution in [0.2, 0.25) is 0 Å². The fraction of sp³-hybridized carbons (Fsp3) is 0.231. The van der Waals surface area contributed by atoms with Crippen LogP contribution < -0.4 is 10.2 Å². The SMILES string of the molecule is CN(c1ccccc1)c1ccccc1NC(=O)C1CCN(C(=O)c2ccc(Br)cc2)CC1. The van der Waals surface area contributed by atoms with Crippen molar-refractivity contribution in [2.24, 2.45) is 5.92 Å². The third kappa shape index (κ3) is 5.02. The van der Waals surface area contributed by atoms with Crippen molar-refractivity contribution in [3.05, 3.63) is 88.9 Å². The first-order valence-corrected chi connectivity index (χ1v) is 11.6. The number of benzene rings is 3. The monoisotopic (exact) mass is 491 g/mol. The third-order valence-corrected chi connectivity index (χ3v) is 6.44. The molecule has 4 rings (SSSR count). The van der Waals surface area contributed by atoms with Crippen LogP contribution in [0.4, 0.5) is 17.1 Å². The van der Waals surface area contributed by atoms with Crippen LogP contribution in [0.3, 0.4) is 0 Å². The van der Waals surface area contributed by atoms with E-state index in [2.05, 4.69) is 26.1 Å². The predicted octanol–water partition coefficient (Wildman–Crippen LogP) is 5.71. The van der Waals surface area contributed by atoms with Gasteiger partial charge in [-0.1, -0.05) is 46.3 Å². The summed E-state index contributed by atoms with van der Waals surface area (Å²) < 4.78 is 0.947. The van der Waals surface area contributed by atoms with Gasteiger partial charge in [0.05, 0.1) is 11.4 Å². The van der Waals surface area contributed by atoms with Crippen molar-refractivity contribution in [3.63, 3.8) is 0 Å². The molecule has 0 radical (unpaired) electrons. The number of likely N-dealkylation sites (tertiary alicyclic amines) is 1. The Kier molecular flexibility index (Phi) is 6.90. The molecule has 0 saturated carbocycles. The maximum atomic E-state index is 13.0. The number of carbonyl (C=O) groups excluding carboxylic acids is 2. The van der Waals surface area contributed by atoms with Gasteiger partial charge in [0.15, 0.2) is 0 Å². The first kappa shape index (κ1) is 22.1. The van der Waals surface area contributed by atoms with Gasteiger partial charge in [0, 0.05) is 41.8 Å². The van der Waals surface area contributed by atoms with Crippen molar-refractivity contribution in [1.29, 1.82) is 0 Å². The lowest BCUT2D eigenvalue weighted by atomic mass is 9.95. The summed E-state index contributed by atoms with van der Waals surface area (Å²) >= 11 is 3.40. The number of amides is 2. The lowest BCUT2D eigenvalue weighted by Crippen LogP contribution is -2.41. The van der Waals surface area contributed by atoms with Crippen LogP contribution in [0.5, 0.6) is 0 Å². The fourth-order valence-electron chi connectivity index (χ4n) is 4.02. The predicted molar refractivity (Wildman–Crippen MR) is 132 cm³/mol. The molecule has 3 aromatic carbocycles. The highest BCUT2D eigenvalue weighted by molar-refractivity contribution is 9.10. The number of hydrogen-bond acceptors (Lipinski definition) is 3. The quantitative estimate of drug-likeness (QED) is 0.497. The molecule has 0 aliphatic carbocycles. The highest BCUT2D eigenvalue weighted by Crippen LogP contribution is 2.31. The average molecular weight is 492 g/mol. The molecule has 2 amide bonds. The Morgan fingerprint density at radius 3 is 2.22 bits per heavy atom. The minimum Gasteiger partial charge on any atom is -0.343 e. The zero-order chi connectivity index (χ0) is 22.5. The molecule has 1 aliphatic rings. The largest absolute Gasteiger partial charge is 0.343 e. The molecular formula is C26H26BrN3O2. The third-order valence-electron chi connectivity index (χ3n) is 5.91. The summed E-state index contributed by atoms with van der Waals surface area (Å²) in [5, 5.41) is 3.12. The maximum Gasteiger partial charge on any atom is 0.253 e. The minimum atomic E-state index is -0.112. The highest BCUT2D eigenvalue weighted by atomic mass is 79.9. The number of halogens is 1. The van der Waals surface area contributed by atoms with E-state index in [1.807, 2.05) is 90.8 Å². The molecule has 6 heteroatoms. The number of nitrogens with one attached hydrogen (secondary N) is 1. The van der Waals surface area contributed by atoms with Crippen molar-refractivity contribution in [2.45, 2.75) is 12.8 Å². The zero-order valence-electron chi connectivity index (χ0n) is 18.0. The van der Waals surface area contributed by atoms with Gasteiger partial charge < -0.3 is 15.1 Å². The molecular weight excluding hydrogens is 466 g/mol. The summed E-state index contributed by atoms with van der Waals surface area (Å²) in [4.78, 5) is 29.7. The van der Waals surface area contributed by atoms with Crippen molar-refractivity contribution < 1.29 is 9.59 Å². The first-order chi connectivity index (χ1) is 15.5. The highest BCUT2D eigenvalue weighted by Gasteiger charge is 2.28. The summed E-state index contributed by atoms with van der Waals surface area (Å²) in [7, 11) is 1.99. The Labute approximate surface area is 197 Å². The van der Waals surface area contributed by atoms with E-state index in [4.69, 9.17) is 0 Å². The second-order valence-electron chi connectivity index (χ2n) is 7.97. The number of piperidine rings is 1. The Bertz CT molecular complexity index is 1080. The van der Waals surface area contributed by atoms with Crippen molar-refractivity contribution in [2.75, 3.05) is 30.4 Å². The molecule has 0 unspecified atom stereocenters. The summed E-state index contributed by atoms with van der Waals surface area (Å²) in [5.41, 5.74) is 3.45. The van der Waals surface area contributed by atoms with E-state index in [0.29, 0.717) is 31.5 Å². The normalized spacial score (nSPS) is 14.1. The van der Waals surface area contributed by atoms with Crippen molar-refractivity contribution in [3.8, 4) is 0 Å². The summed E-state index contributed by atoms with van der Waals surface area (Å²) in [6, 6.07) is 25.3. The lowest BCUT2D eigenvalue weighted by molar-refractivity contribution is -0.121. The summed E-state index contributed by atoms with van der Waals surface area (Å²) in [6.07, 6.45) is 1.32. The van der Waals surface area contributed by atoms with E-state index in [0.717, 1.165) is 21.5 Å². The zero-order valence-corrected chi connectivity index (χ0v) is 19.6. The van der Waals surface area contributed by atoms with Gasteiger partial charge >= 0.3 is 0 Å². The van der Waals surface area contributed by atoms with E-state index in [1.165, 1.54) is 0 Å². The summed E-state index contributed by atoms with van der Waals surface area (Å²) in [6.45, 7) is 1.16. The maximum absolute atomic E-state index is 13.0. The minimum absolute atomic E-state index is 0.00894. The van der Waals surface area contributed by atoms with Gasteiger partial charge in [-0.25, -0.2) is 0 Å². The van der Waals surface area contributed by atoms with Gasteiger partial charge in [0.1, 0.15) is 0 Å². The van der Waals surface area contributed by atoms with E-state index in [1.54, 1.807) is 0 Å². The molecule has 0 spiro atoms. The molecule has 1 saturated heterocycles. The molecule has 5 nitrogen and oxygen atoms in total. The van der Waals surface area contributed by atoms with Gasteiger partial charge in [0.2, 0.25) is 5.91 Å². The standard InChI is InChI=1S/C26H26BrN3O2/c1-29(22-7-3-2-4-8-22)24-10-6-5-9-23(24)28-25(31)19-15-17-30(18-16-19)26(32)20-11-13-21(27)14-12-20/h2-14,19H,15-18H2,1H3,(H,28,31). The first-order valence-electron chi connectivity index (χ1n) is 10.8. The van der Waals surface area contributed by atoms with Crippen molar-refractivity contribution >= 4 is 44.8 Å². The van der Waals surface area contributed by atoms with E-state index in [9.17, 15) is 9.59 Å². The Hall–Kier alpha value is -3.12. The number of nitrogens with zero attached hydrogens (tertiary/aromatic N) is 2. The number of anilines is 3. The molecule has 1 N–H and O–H groups in total. The van der Waals surface area contributed by atoms with Crippen LogP contribution >= 0.6 is 15.9 Å². The molecule has 1 aliphatic heterocycles. The number of para-hydroxylation sites is 3. The van der Waals surface area contributed by atoms with Crippen molar-refractivity contribution in [1.82, 2.24) is 4.90 Å². The Morgan fingerprint density at radius 1 is 0.906 bits per heavy atom. The Morgan fingerprint density at radius 2 is 1.53 bits per heavy atom. The van der Waals surface area contributed by atoms with Gasteiger partial charge in [-0.05, 0) is 61.4 Å². The van der Waals surface area contributed by atoms with E-state index >= 15 is 0 Å².